The number of imidazole rings is 1. The Kier molecular flexibility index (Phi) is 5.40. The Hall–Kier alpha value is -1.79. The minimum Gasteiger partial charge on any atom is -0.342 e. The highest BCUT2D eigenvalue weighted by Crippen LogP contribution is 2.25. The fraction of sp³-hybridized carbons (Fsp3) is 0.529. The molecule has 0 unspecified atom stereocenters. The van der Waals surface area contributed by atoms with Crippen molar-refractivity contribution in [3.63, 3.8) is 0 Å². The van der Waals surface area contributed by atoms with Crippen molar-refractivity contribution in [3.05, 3.63) is 34.7 Å². The van der Waals surface area contributed by atoms with Crippen LogP contribution in [0.15, 0.2) is 29.1 Å². The second-order valence-electron chi connectivity index (χ2n) is 7.09. The van der Waals surface area contributed by atoms with Crippen molar-refractivity contribution in [2.45, 2.75) is 44.7 Å². The molecule has 1 amide bonds. The third-order valence-electron chi connectivity index (χ3n) is 4.41. The molecule has 0 saturated carbocycles. The molecule has 1 aliphatic heterocycles. The number of nitrogens with one attached hydrogen (secondary N) is 1. The molecule has 1 aliphatic rings. The van der Waals surface area contributed by atoms with Gasteiger partial charge in [0.15, 0.2) is 0 Å². The molecule has 0 radical (unpaired) electrons. The van der Waals surface area contributed by atoms with Crippen molar-refractivity contribution in [1.29, 1.82) is 0 Å². The summed E-state index contributed by atoms with van der Waals surface area (Å²) in [5, 5.41) is 0. The molecule has 6 nitrogen and oxygen atoms in total. The molecule has 1 aromatic carbocycles. The van der Waals surface area contributed by atoms with Crippen molar-refractivity contribution in [2.24, 2.45) is 5.73 Å². The van der Waals surface area contributed by atoms with Crippen molar-refractivity contribution in [1.82, 2.24) is 14.5 Å². The highest BCUT2D eigenvalue weighted by Gasteiger charge is 2.28. The number of rotatable bonds is 3. The minimum atomic E-state index is -0.484. The lowest BCUT2D eigenvalue weighted by molar-refractivity contribution is -0.133. The fourth-order valence-electron chi connectivity index (χ4n) is 3.31. The first-order valence-corrected chi connectivity index (χ1v) is 8.11. The van der Waals surface area contributed by atoms with E-state index in [1.807, 2.05) is 47.6 Å². The molecule has 3 rings (SSSR count). The van der Waals surface area contributed by atoms with E-state index in [1.54, 1.807) is 0 Å². The molecule has 0 aliphatic carbocycles. The zero-order valence-electron chi connectivity index (χ0n) is 14.1. The van der Waals surface area contributed by atoms with E-state index in [0.717, 1.165) is 23.9 Å². The number of likely N-dealkylation sites (tertiary alicyclic amines) is 1. The minimum absolute atomic E-state index is 0. The second-order valence-corrected chi connectivity index (χ2v) is 7.09. The van der Waals surface area contributed by atoms with Crippen LogP contribution in [-0.4, -0.2) is 39.0 Å². The average molecular weight is 353 g/mol. The molecule has 3 N–H and O–H groups in total. The molecular weight excluding hydrogens is 328 g/mol. The Bertz CT molecular complexity index is 767. The van der Waals surface area contributed by atoms with Crippen LogP contribution >= 0.6 is 12.4 Å². The molecule has 24 heavy (non-hydrogen) atoms. The van der Waals surface area contributed by atoms with Gasteiger partial charge in [-0.25, -0.2) is 4.79 Å². The maximum atomic E-state index is 12.3. The van der Waals surface area contributed by atoms with Crippen LogP contribution in [0, 0.1) is 0 Å². The lowest BCUT2D eigenvalue weighted by atomic mass is 9.99. The molecule has 1 saturated heterocycles. The number of para-hydroxylation sites is 2. The number of amides is 1. The van der Waals surface area contributed by atoms with E-state index < -0.39 is 5.54 Å². The predicted molar refractivity (Wildman–Crippen MR) is 97.5 cm³/mol. The van der Waals surface area contributed by atoms with Gasteiger partial charge in [-0.2, -0.15) is 0 Å². The van der Waals surface area contributed by atoms with Crippen LogP contribution in [0.5, 0.6) is 0 Å². The van der Waals surface area contributed by atoms with Gasteiger partial charge in [0.2, 0.25) is 5.91 Å². The van der Waals surface area contributed by atoms with Gasteiger partial charge in [0.1, 0.15) is 0 Å². The highest BCUT2D eigenvalue weighted by atomic mass is 35.5. The molecule has 0 spiro atoms. The smallest absolute Gasteiger partial charge is 0.326 e. The van der Waals surface area contributed by atoms with Gasteiger partial charge in [0.25, 0.3) is 0 Å². The lowest BCUT2D eigenvalue weighted by Crippen LogP contribution is -2.45. The van der Waals surface area contributed by atoms with Gasteiger partial charge in [0.05, 0.1) is 11.0 Å². The number of hydrogen-bond donors (Lipinski definition) is 2. The summed E-state index contributed by atoms with van der Waals surface area (Å²) in [7, 11) is 0. The molecule has 7 heteroatoms. The van der Waals surface area contributed by atoms with Crippen molar-refractivity contribution < 1.29 is 4.79 Å². The number of carbonyl (C=O) groups is 1. The predicted octanol–water partition coefficient (Wildman–Crippen LogP) is 2.04. The van der Waals surface area contributed by atoms with Gasteiger partial charge in [-0.1, -0.05) is 12.1 Å². The monoisotopic (exact) mass is 352 g/mol. The quantitative estimate of drug-likeness (QED) is 0.886. The van der Waals surface area contributed by atoms with Crippen LogP contribution in [0.3, 0.4) is 0 Å². The Morgan fingerprint density at radius 3 is 2.54 bits per heavy atom. The van der Waals surface area contributed by atoms with Gasteiger partial charge in [-0.3, -0.25) is 9.36 Å². The zero-order chi connectivity index (χ0) is 16.6. The maximum absolute atomic E-state index is 12.3. The number of nitrogens with two attached hydrogens (primary N) is 1. The maximum Gasteiger partial charge on any atom is 0.326 e. The number of carbonyl (C=O) groups excluding carboxylic acids is 1. The fourth-order valence-corrected chi connectivity index (χ4v) is 3.31. The molecule has 0 bridgehead atoms. The van der Waals surface area contributed by atoms with E-state index in [-0.39, 0.29) is 30.0 Å². The summed E-state index contributed by atoms with van der Waals surface area (Å²) < 4.78 is 1.84. The zero-order valence-corrected chi connectivity index (χ0v) is 14.9. The van der Waals surface area contributed by atoms with Crippen LogP contribution < -0.4 is 11.4 Å². The lowest BCUT2D eigenvalue weighted by Gasteiger charge is -2.34. The Balaban J connectivity index is 0.00000208. The topological polar surface area (TPSA) is 84.1 Å². The number of benzene rings is 1. The number of fused-ring (bicyclic) bond motifs is 1. The molecule has 1 aromatic heterocycles. The molecule has 1 fully saturated rings. The standard InChI is InChI=1S/C17H24N4O2.ClH/c1-17(2,18)11-15(22)20-9-7-12(8-10-20)21-14-6-4-3-5-13(14)19-16(21)23;/h3-6,12H,7-11,18H2,1-2H3,(H,19,23);1H. The van der Waals surface area contributed by atoms with E-state index in [1.165, 1.54) is 0 Å². The SMILES string of the molecule is CC(C)(N)CC(=O)N1CCC(n2c(=O)[nH]c3ccccc32)CC1.Cl. The van der Waals surface area contributed by atoms with Crippen molar-refractivity contribution in [3.8, 4) is 0 Å². The summed E-state index contributed by atoms with van der Waals surface area (Å²) in [5.74, 6) is 0.0993. The van der Waals surface area contributed by atoms with E-state index in [4.69, 9.17) is 5.73 Å². The molecule has 0 atom stereocenters. The highest BCUT2D eigenvalue weighted by molar-refractivity contribution is 5.85. The first kappa shape index (κ1) is 18.5. The number of aromatic amines is 1. The van der Waals surface area contributed by atoms with Gasteiger partial charge < -0.3 is 15.6 Å². The van der Waals surface area contributed by atoms with Gasteiger partial charge in [-0.05, 0) is 38.8 Å². The van der Waals surface area contributed by atoms with Crippen LogP contribution in [-0.2, 0) is 4.79 Å². The summed E-state index contributed by atoms with van der Waals surface area (Å²) in [6.45, 7) is 5.07. The second kappa shape index (κ2) is 6.99. The van der Waals surface area contributed by atoms with E-state index >= 15 is 0 Å². The van der Waals surface area contributed by atoms with Crippen molar-refractivity contribution in [2.75, 3.05) is 13.1 Å². The largest absolute Gasteiger partial charge is 0.342 e. The van der Waals surface area contributed by atoms with Crippen molar-refractivity contribution >= 4 is 29.3 Å². The Morgan fingerprint density at radius 2 is 1.92 bits per heavy atom. The number of hydrogen-bond acceptors (Lipinski definition) is 3. The first-order chi connectivity index (χ1) is 10.8. The van der Waals surface area contributed by atoms with Crippen LogP contribution in [0.2, 0.25) is 0 Å². The Morgan fingerprint density at radius 1 is 1.29 bits per heavy atom. The molecular formula is C17H25ClN4O2. The molecule has 2 heterocycles. The molecule has 132 valence electrons. The summed E-state index contributed by atoms with van der Waals surface area (Å²) >= 11 is 0. The number of aromatic nitrogens is 2. The van der Waals surface area contributed by atoms with Crippen LogP contribution in [0.4, 0.5) is 0 Å². The van der Waals surface area contributed by atoms with Crippen LogP contribution in [0.25, 0.3) is 11.0 Å². The number of halogens is 1. The Labute approximate surface area is 147 Å². The van der Waals surface area contributed by atoms with E-state index in [9.17, 15) is 9.59 Å². The van der Waals surface area contributed by atoms with Crippen LogP contribution in [0.1, 0.15) is 39.2 Å². The van der Waals surface area contributed by atoms with Gasteiger partial charge >= 0.3 is 5.69 Å². The third-order valence-corrected chi connectivity index (χ3v) is 4.41. The summed E-state index contributed by atoms with van der Waals surface area (Å²) in [4.78, 5) is 29.3. The summed E-state index contributed by atoms with van der Waals surface area (Å²) in [6.07, 6.45) is 1.93. The summed E-state index contributed by atoms with van der Waals surface area (Å²) in [5.41, 5.74) is 7.18. The van der Waals surface area contributed by atoms with E-state index in [2.05, 4.69) is 4.98 Å². The normalized spacial score (nSPS) is 16.2. The summed E-state index contributed by atoms with van der Waals surface area (Å²) in [6, 6.07) is 7.86. The van der Waals surface area contributed by atoms with E-state index in [0.29, 0.717) is 19.5 Å². The van der Waals surface area contributed by atoms with Gasteiger partial charge in [0, 0.05) is 31.1 Å². The average Bonchev–Trinajstić information content (AvgIpc) is 2.81. The number of H-pyrrole nitrogens is 1. The number of nitrogens with zero attached hydrogens (tertiary/aromatic N) is 2. The third kappa shape index (κ3) is 3.82. The van der Waals surface area contributed by atoms with Gasteiger partial charge in [-0.15, -0.1) is 12.4 Å². The molecule has 2 aromatic rings. The first-order valence-electron chi connectivity index (χ1n) is 8.11. The number of piperidine rings is 1.